The molecule has 9 nitrogen and oxygen atoms in total. The first-order valence-corrected chi connectivity index (χ1v) is 10.7. The molecule has 0 saturated carbocycles. The molecule has 2 N–H and O–H groups in total. The number of nitrogens with zero attached hydrogens (tertiary/aromatic N) is 1. The van der Waals surface area contributed by atoms with Gasteiger partial charge in [0.2, 0.25) is 18.6 Å². The minimum atomic E-state index is -0.784. The maximum Gasteiger partial charge on any atom is 0.411 e. The average Bonchev–Trinajstić information content (AvgIpc) is 3.23. The topological polar surface area (TPSA) is 106 Å². The number of carbonyl (C=O) groups is 3. The predicted octanol–water partition coefficient (Wildman–Crippen LogP) is 2.83. The third-order valence-electron chi connectivity index (χ3n) is 5.26. The summed E-state index contributed by atoms with van der Waals surface area (Å²) in [5.41, 5.74) is 1.79. The Labute approximate surface area is 192 Å². The van der Waals surface area contributed by atoms with Gasteiger partial charge in [-0.1, -0.05) is 24.3 Å². The molecule has 1 atom stereocenters. The molecule has 0 saturated heterocycles. The fourth-order valence-corrected chi connectivity index (χ4v) is 3.73. The lowest BCUT2D eigenvalue weighted by atomic mass is 9.94. The summed E-state index contributed by atoms with van der Waals surface area (Å²) >= 11 is 0. The quantitative estimate of drug-likeness (QED) is 0.738. The molecule has 0 aromatic heterocycles. The number of nitrogens with one attached hydrogen (secondary N) is 2. The van der Waals surface area contributed by atoms with Gasteiger partial charge in [0, 0.05) is 18.2 Å². The van der Waals surface area contributed by atoms with E-state index in [1.54, 1.807) is 39.0 Å². The highest BCUT2D eigenvalue weighted by atomic mass is 16.7. The molecule has 0 bridgehead atoms. The maximum absolute atomic E-state index is 13.0. The molecule has 4 rings (SSSR count). The van der Waals surface area contributed by atoms with Crippen LogP contribution in [0.15, 0.2) is 42.5 Å². The Morgan fingerprint density at radius 3 is 2.55 bits per heavy atom. The highest BCUT2D eigenvalue weighted by Gasteiger charge is 2.37. The van der Waals surface area contributed by atoms with Crippen LogP contribution in [0.25, 0.3) is 0 Å². The zero-order valence-corrected chi connectivity index (χ0v) is 18.8. The zero-order valence-electron chi connectivity index (χ0n) is 18.8. The number of benzene rings is 2. The summed E-state index contributed by atoms with van der Waals surface area (Å²) in [4.78, 5) is 39.7. The molecule has 33 heavy (non-hydrogen) atoms. The van der Waals surface area contributed by atoms with Crippen molar-refractivity contribution in [2.24, 2.45) is 0 Å². The zero-order chi connectivity index (χ0) is 23.6. The predicted molar refractivity (Wildman–Crippen MR) is 120 cm³/mol. The van der Waals surface area contributed by atoms with Crippen LogP contribution in [0.2, 0.25) is 0 Å². The lowest BCUT2D eigenvalue weighted by molar-refractivity contribution is -0.128. The van der Waals surface area contributed by atoms with Crippen molar-refractivity contribution < 1.29 is 28.6 Å². The number of rotatable bonds is 4. The molecule has 2 aromatic rings. The number of ether oxygens (including phenoxy) is 3. The van der Waals surface area contributed by atoms with Crippen molar-refractivity contribution in [2.75, 3.05) is 18.7 Å². The summed E-state index contributed by atoms with van der Waals surface area (Å²) in [6, 6.07) is 11.9. The van der Waals surface area contributed by atoms with E-state index in [1.807, 2.05) is 24.3 Å². The smallest absolute Gasteiger partial charge is 0.411 e. The van der Waals surface area contributed by atoms with E-state index in [4.69, 9.17) is 14.2 Å². The monoisotopic (exact) mass is 453 g/mol. The highest BCUT2D eigenvalue weighted by molar-refractivity contribution is 5.96. The third kappa shape index (κ3) is 5.36. The second kappa shape index (κ2) is 9.01. The molecule has 174 valence electrons. The van der Waals surface area contributed by atoms with Gasteiger partial charge in [0.25, 0.3) is 0 Å². The molecule has 2 aliphatic heterocycles. The molecule has 3 amide bonds. The van der Waals surface area contributed by atoms with Crippen LogP contribution in [0.3, 0.4) is 0 Å². The number of hydrogen-bond donors (Lipinski definition) is 2. The van der Waals surface area contributed by atoms with Crippen LogP contribution in [0.1, 0.15) is 31.9 Å². The molecule has 0 fully saturated rings. The molecule has 2 aliphatic rings. The Kier molecular flexibility index (Phi) is 6.13. The Morgan fingerprint density at radius 1 is 1.06 bits per heavy atom. The average molecular weight is 453 g/mol. The molecule has 2 heterocycles. The lowest BCUT2D eigenvalue weighted by Crippen LogP contribution is -2.54. The van der Waals surface area contributed by atoms with Gasteiger partial charge < -0.3 is 24.8 Å². The van der Waals surface area contributed by atoms with Crippen molar-refractivity contribution in [1.82, 2.24) is 10.2 Å². The molecular formula is C24H27N3O6. The van der Waals surface area contributed by atoms with Crippen molar-refractivity contribution in [3.63, 3.8) is 0 Å². The largest absolute Gasteiger partial charge is 0.454 e. The number of amides is 3. The Hall–Kier alpha value is -3.75. The van der Waals surface area contributed by atoms with Gasteiger partial charge in [0.05, 0.1) is 13.1 Å². The van der Waals surface area contributed by atoms with Gasteiger partial charge in [-0.25, -0.2) is 4.79 Å². The van der Waals surface area contributed by atoms with Crippen LogP contribution >= 0.6 is 0 Å². The van der Waals surface area contributed by atoms with Crippen molar-refractivity contribution in [3.05, 3.63) is 53.6 Å². The molecule has 0 radical (unpaired) electrons. The molecule has 0 aliphatic carbocycles. The summed E-state index contributed by atoms with van der Waals surface area (Å²) in [7, 11) is 0. The summed E-state index contributed by atoms with van der Waals surface area (Å²) < 4.78 is 16.1. The first kappa shape index (κ1) is 22.4. The van der Waals surface area contributed by atoms with E-state index >= 15 is 0 Å². The second-order valence-corrected chi connectivity index (χ2v) is 8.93. The number of fused-ring (bicyclic) bond motifs is 2. The maximum atomic E-state index is 13.0. The van der Waals surface area contributed by atoms with E-state index in [2.05, 4.69) is 10.6 Å². The summed E-state index contributed by atoms with van der Waals surface area (Å²) in [5.74, 6) is 0.338. The molecule has 2 aromatic carbocycles. The number of anilines is 1. The van der Waals surface area contributed by atoms with Gasteiger partial charge in [-0.2, -0.15) is 0 Å². The molecule has 0 spiro atoms. The van der Waals surface area contributed by atoms with Gasteiger partial charge in [0.1, 0.15) is 11.6 Å². The summed E-state index contributed by atoms with van der Waals surface area (Å²) in [6.07, 6.45) is -0.229. The first-order chi connectivity index (χ1) is 15.7. The Morgan fingerprint density at radius 2 is 1.79 bits per heavy atom. The van der Waals surface area contributed by atoms with Crippen molar-refractivity contribution in [2.45, 2.75) is 45.4 Å². The number of hydrogen-bond acceptors (Lipinski definition) is 6. The minimum absolute atomic E-state index is 0.140. The molecular weight excluding hydrogens is 426 g/mol. The standard InChI is InChI=1S/C24H27N3O6/c1-24(2,3)33-23(30)27-13-16-7-5-4-6-15(16)10-18(27)22(29)25-12-21(28)26-17-8-9-19-20(11-17)32-14-31-19/h4-9,11,18H,10,12-14H2,1-3H3,(H,25,29)(H,26,28)/t18-/m0/s1. The van der Waals surface area contributed by atoms with Crippen molar-refractivity contribution in [3.8, 4) is 11.5 Å². The molecule has 9 heteroatoms. The lowest BCUT2D eigenvalue weighted by Gasteiger charge is -2.36. The van der Waals surface area contributed by atoms with E-state index < -0.39 is 29.6 Å². The van der Waals surface area contributed by atoms with Crippen LogP contribution in [-0.4, -0.2) is 47.8 Å². The van der Waals surface area contributed by atoms with E-state index in [0.29, 0.717) is 23.6 Å². The van der Waals surface area contributed by atoms with Crippen LogP contribution in [0, 0.1) is 0 Å². The van der Waals surface area contributed by atoms with Gasteiger partial charge in [-0.3, -0.25) is 14.5 Å². The van der Waals surface area contributed by atoms with Gasteiger partial charge in [-0.15, -0.1) is 0 Å². The number of carbonyl (C=O) groups excluding carboxylic acids is 3. The van der Waals surface area contributed by atoms with E-state index in [0.717, 1.165) is 11.1 Å². The van der Waals surface area contributed by atoms with Gasteiger partial charge in [0.15, 0.2) is 11.5 Å². The van der Waals surface area contributed by atoms with Gasteiger partial charge >= 0.3 is 6.09 Å². The summed E-state index contributed by atoms with van der Waals surface area (Å²) in [5, 5.41) is 5.36. The van der Waals surface area contributed by atoms with Crippen molar-refractivity contribution in [1.29, 1.82) is 0 Å². The Balaban J connectivity index is 1.41. The minimum Gasteiger partial charge on any atom is -0.454 e. The summed E-state index contributed by atoms with van der Waals surface area (Å²) in [6.45, 7) is 5.48. The van der Waals surface area contributed by atoms with Crippen LogP contribution in [-0.2, 0) is 27.3 Å². The Bertz CT molecular complexity index is 1080. The normalized spacial score (nSPS) is 16.6. The first-order valence-electron chi connectivity index (χ1n) is 10.7. The van der Waals surface area contributed by atoms with Crippen LogP contribution in [0.4, 0.5) is 10.5 Å². The highest BCUT2D eigenvalue weighted by Crippen LogP contribution is 2.34. The van der Waals surface area contributed by atoms with Crippen LogP contribution < -0.4 is 20.1 Å². The van der Waals surface area contributed by atoms with Gasteiger partial charge in [-0.05, 0) is 44.0 Å². The van der Waals surface area contributed by atoms with E-state index in [1.165, 1.54) is 4.90 Å². The fraction of sp³-hybridized carbons (Fsp3) is 0.375. The van der Waals surface area contributed by atoms with Crippen LogP contribution in [0.5, 0.6) is 11.5 Å². The third-order valence-corrected chi connectivity index (χ3v) is 5.26. The van der Waals surface area contributed by atoms with E-state index in [9.17, 15) is 14.4 Å². The van der Waals surface area contributed by atoms with Crippen molar-refractivity contribution >= 4 is 23.6 Å². The second-order valence-electron chi connectivity index (χ2n) is 8.93. The van der Waals surface area contributed by atoms with E-state index in [-0.39, 0.29) is 19.9 Å². The molecule has 0 unspecified atom stereocenters. The SMILES string of the molecule is CC(C)(C)OC(=O)N1Cc2ccccc2C[C@H]1C(=O)NCC(=O)Nc1ccc2c(c1)OCO2. The fourth-order valence-electron chi connectivity index (χ4n) is 3.73.